The van der Waals surface area contributed by atoms with E-state index in [0.717, 1.165) is 5.69 Å². The second kappa shape index (κ2) is 7.61. The molecular weight excluding hydrogens is 362 g/mol. The maximum Gasteiger partial charge on any atom is 0.325 e. The van der Waals surface area contributed by atoms with E-state index in [0.29, 0.717) is 31.7 Å². The summed E-state index contributed by atoms with van der Waals surface area (Å²) in [5.41, 5.74) is 1.55. The predicted molar refractivity (Wildman–Crippen MR) is 97.8 cm³/mol. The Morgan fingerprint density at radius 3 is 2.43 bits per heavy atom. The molecule has 2 N–H and O–H groups in total. The molecule has 1 atom stereocenters. The number of amides is 1. The lowest BCUT2D eigenvalue weighted by atomic mass is 10.0. The van der Waals surface area contributed by atoms with Gasteiger partial charge in [-0.1, -0.05) is 12.1 Å². The van der Waals surface area contributed by atoms with Gasteiger partial charge >= 0.3 is 5.97 Å². The highest BCUT2D eigenvalue weighted by atomic mass is 16.4. The third kappa shape index (κ3) is 3.49. The number of aliphatic carboxylic acids is 1. The summed E-state index contributed by atoms with van der Waals surface area (Å²) in [7, 11) is 0. The second-order valence-electron chi connectivity index (χ2n) is 6.45. The van der Waals surface area contributed by atoms with Crippen LogP contribution in [0.3, 0.4) is 0 Å². The van der Waals surface area contributed by atoms with Crippen LogP contribution in [0.1, 0.15) is 22.2 Å². The van der Waals surface area contributed by atoms with Crippen LogP contribution in [0.5, 0.6) is 0 Å². The zero-order valence-electron chi connectivity index (χ0n) is 15.0. The average molecular weight is 381 g/mol. The number of aromatic amines is 1. The first-order chi connectivity index (χ1) is 13.6. The van der Waals surface area contributed by atoms with Crippen molar-refractivity contribution in [3.05, 3.63) is 60.4 Å². The Morgan fingerprint density at radius 2 is 1.86 bits per heavy atom. The molecule has 144 valence electrons. The number of hydrogen-bond acceptors (Lipinski definition) is 6. The Morgan fingerprint density at radius 1 is 1.11 bits per heavy atom. The lowest BCUT2D eigenvalue weighted by Crippen LogP contribution is -2.51. The first-order valence-electron chi connectivity index (χ1n) is 8.85. The van der Waals surface area contributed by atoms with Crippen molar-refractivity contribution >= 4 is 11.9 Å². The number of rotatable bonds is 5. The van der Waals surface area contributed by atoms with Crippen LogP contribution in [-0.2, 0) is 4.79 Å². The fourth-order valence-corrected chi connectivity index (χ4v) is 3.38. The molecule has 28 heavy (non-hydrogen) atoms. The van der Waals surface area contributed by atoms with Crippen LogP contribution in [-0.4, -0.2) is 77.9 Å². The molecule has 10 heteroatoms. The first-order valence-corrected chi connectivity index (χ1v) is 8.85. The van der Waals surface area contributed by atoms with Gasteiger partial charge in [-0.2, -0.15) is 10.2 Å². The molecule has 0 unspecified atom stereocenters. The number of nitrogens with one attached hydrogen (secondary N) is 1. The van der Waals surface area contributed by atoms with Crippen LogP contribution >= 0.6 is 0 Å². The topological polar surface area (TPSA) is 120 Å². The Bertz CT molecular complexity index is 930. The van der Waals surface area contributed by atoms with Crippen molar-refractivity contribution in [1.29, 1.82) is 0 Å². The molecule has 0 radical (unpaired) electrons. The number of carboxylic acid groups (broad SMARTS) is 1. The standard InChI is InChI=1S/C18H19N7O3/c26-17(16-19-12-20-22-16)24-10-8-23(9-11-24)15(18(27)28)13-2-4-14(5-3-13)25-7-1-6-21-25/h1-7,12,15H,8-11H2,(H,27,28)(H,19,20,22)/t15-/m1/s1. The Labute approximate surface area is 160 Å². The molecule has 3 aromatic rings. The fraction of sp³-hybridized carbons (Fsp3) is 0.278. The van der Waals surface area contributed by atoms with Crippen LogP contribution in [0.2, 0.25) is 0 Å². The molecule has 0 aliphatic carbocycles. The number of hydrogen-bond donors (Lipinski definition) is 2. The second-order valence-corrected chi connectivity index (χ2v) is 6.45. The van der Waals surface area contributed by atoms with E-state index >= 15 is 0 Å². The minimum atomic E-state index is -0.915. The summed E-state index contributed by atoms with van der Waals surface area (Å²) in [6, 6.07) is 8.37. The van der Waals surface area contributed by atoms with E-state index in [-0.39, 0.29) is 11.7 Å². The molecule has 0 spiro atoms. The summed E-state index contributed by atoms with van der Waals surface area (Å²) < 4.78 is 1.72. The molecule has 1 fully saturated rings. The number of H-pyrrole nitrogens is 1. The third-order valence-electron chi connectivity index (χ3n) is 4.80. The van der Waals surface area contributed by atoms with Gasteiger partial charge in [0.05, 0.1) is 5.69 Å². The summed E-state index contributed by atoms with van der Waals surface area (Å²) in [5, 5.41) is 20.2. The molecule has 4 rings (SSSR count). The zero-order valence-corrected chi connectivity index (χ0v) is 15.0. The van der Waals surface area contributed by atoms with E-state index in [1.807, 2.05) is 41.4 Å². The molecule has 1 amide bonds. The minimum Gasteiger partial charge on any atom is -0.480 e. The Balaban J connectivity index is 1.46. The molecule has 10 nitrogen and oxygen atoms in total. The van der Waals surface area contributed by atoms with Crippen molar-refractivity contribution in [3.63, 3.8) is 0 Å². The number of carbonyl (C=O) groups is 2. The molecule has 0 bridgehead atoms. The lowest BCUT2D eigenvalue weighted by Gasteiger charge is -2.37. The highest BCUT2D eigenvalue weighted by Gasteiger charge is 2.32. The van der Waals surface area contributed by atoms with E-state index in [4.69, 9.17) is 0 Å². The van der Waals surface area contributed by atoms with Gasteiger partial charge in [0.15, 0.2) is 0 Å². The molecular formula is C18H19N7O3. The van der Waals surface area contributed by atoms with Gasteiger partial charge in [-0.15, -0.1) is 0 Å². The molecule has 1 aromatic carbocycles. The number of carbonyl (C=O) groups excluding carboxylic acids is 1. The number of nitrogens with zero attached hydrogens (tertiary/aromatic N) is 6. The predicted octanol–water partition coefficient (Wildman–Crippen LogP) is 0.574. The highest BCUT2D eigenvalue weighted by Crippen LogP contribution is 2.24. The SMILES string of the molecule is O=C(O)[C@@H](c1ccc(-n2cccn2)cc1)N1CCN(C(=O)c2ncn[nH]2)CC1. The van der Waals surface area contributed by atoms with E-state index in [1.54, 1.807) is 15.8 Å². The van der Waals surface area contributed by atoms with Crippen LogP contribution in [0.4, 0.5) is 0 Å². The summed E-state index contributed by atoms with van der Waals surface area (Å²) in [4.78, 5) is 31.7. The van der Waals surface area contributed by atoms with E-state index in [1.165, 1.54) is 6.33 Å². The van der Waals surface area contributed by atoms with Gasteiger partial charge in [0, 0.05) is 38.6 Å². The molecule has 1 aliphatic rings. The molecule has 3 heterocycles. The summed E-state index contributed by atoms with van der Waals surface area (Å²) in [6.07, 6.45) is 4.80. The zero-order chi connectivity index (χ0) is 19.5. The largest absolute Gasteiger partial charge is 0.480 e. The average Bonchev–Trinajstić information content (AvgIpc) is 3.43. The smallest absolute Gasteiger partial charge is 0.325 e. The van der Waals surface area contributed by atoms with Crippen molar-refractivity contribution in [3.8, 4) is 5.69 Å². The first kappa shape index (κ1) is 17.9. The maximum atomic E-state index is 12.3. The maximum absolute atomic E-state index is 12.3. The Hall–Kier alpha value is -3.53. The quantitative estimate of drug-likeness (QED) is 0.663. The van der Waals surface area contributed by atoms with Crippen molar-refractivity contribution in [1.82, 2.24) is 34.8 Å². The number of benzene rings is 1. The Kier molecular flexibility index (Phi) is 4.85. The minimum absolute atomic E-state index is 0.192. The van der Waals surface area contributed by atoms with Gasteiger partial charge in [0.25, 0.3) is 5.91 Å². The van der Waals surface area contributed by atoms with Crippen molar-refractivity contribution < 1.29 is 14.7 Å². The van der Waals surface area contributed by atoms with Crippen molar-refractivity contribution in [2.75, 3.05) is 26.2 Å². The van der Waals surface area contributed by atoms with Gasteiger partial charge in [-0.25, -0.2) is 9.67 Å². The van der Waals surface area contributed by atoms with Crippen LogP contribution < -0.4 is 0 Å². The summed E-state index contributed by atoms with van der Waals surface area (Å²) in [6.45, 7) is 1.76. The van der Waals surface area contributed by atoms with Gasteiger partial charge in [-0.05, 0) is 23.8 Å². The molecule has 2 aromatic heterocycles. The highest BCUT2D eigenvalue weighted by molar-refractivity contribution is 5.90. The third-order valence-corrected chi connectivity index (χ3v) is 4.80. The van der Waals surface area contributed by atoms with Crippen LogP contribution in [0.25, 0.3) is 5.69 Å². The fourth-order valence-electron chi connectivity index (χ4n) is 3.38. The van der Waals surface area contributed by atoms with Crippen LogP contribution in [0.15, 0.2) is 49.1 Å². The van der Waals surface area contributed by atoms with Crippen LogP contribution in [0, 0.1) is 0 Å². The monoisotopic (exact) mass is 381 g/mol. The van der Waals surface area contributed by atoms with E-state index in [2.05, 4.69) is 20.3 Å². The lowest BCUT2D eigenvalue weighted by molar-refractivity contribution is -0.144. The molecule has 1 saturated heterocycles. The van der Waals surface area contributed by atoms with E-state index < -0.39 is 12.0 Å². The number of piperazine rings is 1. The molecule has 1 aliphatic heterocycles. The van der Waals surface area contributed by atoms with Crippen molar-refractivity contribution in [2.24, 2.45) is 0 Å². The molecule has 0 saturated carbocycles. The van der Waals surface area contributed by atoms with Gasteiger partial charge in [-0.3, -0.25) is 19.6 Å². The summed E-state index contributed by atoms with van der Waals surface area (Å²) in [5.74, 6) is -0.952. The van der Waals surface area contributed by atoms with Crippen molar-refractivity contribution in [2.45, 2.75) is 6.04 Å². The van der Waals surface area contributed by atoms with Gasteiger partial charge < -0.3 is 10.0 Å². The van der Waals surface area contributed by atoms with Gasteiger partial charge in [0.2, 0.25) is 5.82 Å². The normalized spacial score (nSPS) is 16.1. The summed E-state index contributed by atoms with van der Waals surface area (Å²) >= 11 is 0. The number of carboxylic acids is 1. The van der Waals surface area contributed by atoms with E-state index in [9.17, 15) is 14.7 Å². The number of aromatic nitrogens is 5. The van der Waals surface area contributed by atoms with Gasteiger partial charge in [0.1, 0.15) is 12.4 Å².